The van der Waals surface area contributed by atoms with Crippen LogP contribution in [0.4, 0.5) is 5.69 Å². The number of fused-ring (bicyclic) bond motifs is 3. The Morgan fingerprint density at radius 2 is 1.62 bits per heavy atom. The predicted molar refractivity (Wildman–Crippen MR) is 125 cm³/mol. The minimum absolute atomic E-state index is 0.0310. The molecule has 0 aromatic heterocycles. The van der Waals surface area contributed by atoms with E-state index in [-0.39, 0.29) is 23.0 Å². The summed E-state index contributed by atoms with van der Waals surface area (Å²) in [6.07, 6.45) is 3.35. The van der Waals surface area contributed by atoms with E-state index in [1.54, 1.807) is 36.4 Å². The van der Waals surface area contributed by atoms with Crippen LogP contribution >= 0.6 is 0 Å². The average molecular weight is 440 g/mol. The van der Waals surface area contributed by atoms with E-state index in [1.165, 1.54) is 10.4 Å². The first kappa shape index (κ1) is 20.3. The maximum absolute atomic E-state index is 14.0. The number of hydrogen-bond acceptors (Lipinski definition) is 3. The Hall–Kier alpha value is -3.62. The van der Waals surface area contributed by atoms with Gasteiger partial charge in [0.2, 0.25) is 0 Å². The summed E-state index contributed by atoms with van der Waals surface area (Å²) in [5.74, 6) is 6.03. The number of anilines is 1. The Morgan fingerprint density at radius 1 is 0.938 bits per heavy atom. The smallest absolute Gasteiger partial charge is 0.265 e. The number of carbonyl (C=O) groups excluding carboxylic acids is 1. The second-order valence-corrected chi connectivity index (χ2v) is 9.93. The molecule has 0 fully saturated rings. The Morgan fingerprint density at radius 3 is 2.38 bits per heavy atom. The fraction of sp³-hybridized carbons (Fsp3) is 0.148. The quantitative estimate of drug-likeness (QED) is 0.548. The summed E-state index contributed by atoms with van der Waals surface area (Å²) in [5, 5.41) is 0. The van der Waals surface area contributed by atoms with Gasteiger partial charge in [0, 0.05) is 17.9 Å². The van der Waals surface area contributed by atoms with Gasteiger partial charge in [-0.3, -0.25) is 4.79 Å². The molecular weight excluding hydrogens is 418 g/mol. The van der Waals surface area contributed by atoms with Gasteiger partial charge in [-0.25, -0.2) is 12.7 Å². The molecule has 0 saturated carbocycles. The zero-order chi connectivity index (χ0) is 22.3. The van der Waals surface area contributed by atoms with E-state index >= 15 is 0 Å². The number of ketones is 1. The molecule has 0 radical (unpaired) electrons. The van der Waals surface area contributed by atoms with Gasteiger partial charge in [0.05, 0.1) is 10.6 Å². The lowest BCUT2D eigenvalue weighted by molar-refractivity contribution is -0.115. The van der Waals surface area contributed by atoms with E-state index in [0.717, 1.165) is 16.7 Å². The van der Waals surface area contributed by atoms with Crippen LogP contribution in [0, 0.1) is 18.8 Å². The molecule has 4 nitrogen and oxygen atoms in total. The Kier molecular flexibility index (Phi) is 4.76. The minimum atomic E-state index is -3.95. The van der Waals surface area contributed by atoms with Crippen LogP contribution in [0.1, 0.15) is 29.0 Å². The first-order valence-electron chi connectivity index (χ1n) is 10.4. The third-order valence-corrected chi connectivity index (χ3v) is 7.91. The normalized spacial score (nSPS) is 21.5. The number of hydrogen-bond donors (Lipinski definition) is 0. The summed E-state index contributed by atoms with van der Waals surface area (Å²) in [7, 11) is -3.95. The van der Waals surface area contributed by atoms with E-state index in [0.29, 0.717) is 5.69 Å². The maximum Gasteiger partial charge on any atom is 0.265 e. The van der Waals surface area contributed by atoms with Gasteiger partial charge in [-0.2, -0.15) is 0 Å². The number of aryl methyl sites for hydroxylation is 1. The molecule has 32 heavy (non-hydrogen) atoms. The summed E-state index contributed by atoms with van der Waals surface area (Å²) in [6, 6.07) is 23.7. The van der Waals surface area contributed by atoms with E-state index in [2.05, 4.69) is 11.8 Å². The highest BCUT2D eigenvalue weighted by molar-refractivity contribution is 7.93. The van der Waals surface area contributed by atoms with Crippen molar-refractivity contribution in [1.82, 2.24) is 0 Å². The van der Waals surface area contributed by atoms with Crippen LogP contribution in [-0.2, 0) is 14.8 Å². The molecule has 2 atom stereocenters. The highest BCUT2D eigenvalue weighted by Crippen LogP contribution is 2.53. The third-order valence-electron chi connectivity index (χ3n) is 6.07. The fourth-order valence-corrected chi connectivity index (χ4v) is 6.25. The molecule has 0 amide bonds. The monoisotopic (exact) mass is 439 g/mol. The number of rotatable bonds is 2. The first-order chi connectivity index (χ1) is 15.4. The Labute approximate surface area is 188 Å². The summed E-state index contributed by atoms with van der Waals surface area (Å²) < 4.78 is 29.4. The molecule has 3 aromatic carbocycles. The Balaban J connectivity index is 1.77. The summed E-state index contributed by atoms with van der Waals surface area (Å²) in [5.41, 5.74) is 1.97. The molecule has 1 heterocycles. The summed E-state index contributed by atoms with van der Waals surface area (Å²) >= 11 is 0. The molecule has 0 saturated heterocycles. The third kappa shape index (κ3) is 3.16. The summed E-state index contributed by atoms with van der Waals surface area (Å²) in [6.45, 7) is 1.92. The van der Waals surface area contributed by atoms with Gasteiger partial charge in [-0.15, -0.1) is 0 Å². The number of carbonyl (C=O) groups is 1. The van der Waals surface area contributed by atoms with Crippen LogP contribution in [0.2, 0.25) is 0 Å². The molecule has 3 aromatic rings. The molecule has 5 heteroatoms. The minimum Gasteiger partial charge on any atom is -0.295 e. The van der Waals surface area contributed by atoms with Crippen molar-refractivity contribution in [2.45, 2.75) is 29.7 Å². The van der Waals surface area contributed by atoms with Crippen molar-refractivity contribution in [1.29, 1.82) is 0 Å². The van der Waals surface area contributed by atoms with Gasteiger partial charge < -0.3 is 0 Å². The molecule has 1 aliphatic heterocycles. The van der Waals surface area contributed by atoms with E-state index in [4.69, 9.17) is 0 Å². The topological polar surface area (TPSA) is 54.5 Å². The van der Waals surface area contributed by atoms with Crippen LogP contribution in [0.15, 0.2) is 95.9 Å². The molecular formula is C27H21NO3S. The molecule has 158 valence electrons. The number of para-hydroxylation sites is 1. The van der Waals surface area contributed by atoms with Crippen molar-refractivity contribution in [3.8, 4) is 11.8 Å². The molecule has 0 spiro atoms. The molecule has 5 rings (SSSR count). The van der Waals surface area contributed by atoms with Gasteiger partial charge in [0.1, 0.15) is 5.54 Å². The highest BCUT2D eigenvalue weighted by Gasteiger charge is 2.56. The van der Waals surface area contributed by atoms with Crippen LogP contribution in [0.25, 0.3) is 0 Å². The maximum atomic E-state index is 14.0. The van der Waals surface area contributed by atoms with Crippen molar-refractivity contribution < 1.29 is 13.2 Å². The molecule has 1 aliphatic carbocycles. The van der Waals surface area contributed by atoms with Gasteiger partial charge >= 0.3 is 0 Å². The van der Waals surface area contributed by atoms with Crippen LogP contribution < -0.4 is 4.31 Å². The standard InChI is InChI=1S/C27H21NO3S/c1-20-11-13-23(14-12-20)32(30,31)28-26-10-6-5-9-24(26)25-19-22(29)16-18-27(25,28)17-15-21-7-3-2-4-8-21/h2-14,16,18,25H,19H2,1H3/t25-,27-/m0/s1. The summed E-state index contributed by atoms with van der Waals surface area (Å²) in [4.78, 5) is 12.6. The van der Waals surface area contributed by atoms with Crippen LogP contribution in [0.3, 0.4) is 0 Å². The number of sulfonamides is 1. The van der Waals surface area contributed by atoms with Crippen molar-refractivity contribution in [3.63, 3.8) is 0 Å². The van der Waals surface area contributed by atoms with Crippen LogP contribution in [0.5, 0.6) is 0 Å². The number of benzene rings is 3. The van der Waals surface area contributed by atoms with Crippen molar-refractivity contribution >= 4 is 21.5 Å². The lowest BCUT2D eigenvalue weighted by Crippen LogP contribution is -2.51. The lowest BCUT2D eigenvalue weighted by Gasteiger charge is -2.38. The zero-order valence-corrected chi connectivity index (χ0v) is 18.3. The Bertz CT molecular complexity index is 1400. The fourth-order valence-electron chi connectivity index (χ4n) is 4.50. The largest absolute Gasteiger partial charge is 0.295 e. The lowest BCUT2D eigenvalue weighted by atomic mass is 9.76. The van der Waals surface area contributed by atoms with Crippen LogP contribution in [-0.4, -0.2) is 19.7 Å². The molecule has 0 N–H and O–H groups in total. The molecule has 2 aliphatic rings. The average Bonchev–Trinajstić information content (AvgIpc) is 3.09. The number of allylic oxidation sites excluding steroid dienone is 1. The van der Waals surface area contributed by atoms with E-state index in [9.17, 15) is 13.2 Å². The highest BCUT2D eigenvalue weighted by atomic mass is 32.2. The van der Waals surface area contributed by atoms with E-state index in [1.807, 2.05) is 55.5 Å². The van der Waals surface area contributed by atoms with Crippen molar-refractivity contribution in [3.05, 3.63) is 108 Å². The second-order valence-electron chi connectivity index (χ2n) is 8.14. The SMILES string of the molecule is Cc1ccc(S(=O)(=O)N2c3ccccc3[C@@H]3CC(=O)C=C[C@@]32C#Cc2ccccc2)cc1. The second kappa shape index (κ2) is 7.51. The number of nitrogens with zero attached hydrogens (tertiary/aromatic N) is 1. The predicted octanol–water partition coefficient (Wildman–Crippen LogP) is 4.61. The zero-order valence-electron chi connectivity index (χ0n) is 17.5. The van der Waals surface area contributed by atoms with Gasteiger partial charge in [0.25, 0.3) is 10.0 Å². The van der Waals surface area contributed by atoms with Crippen molar-refractivity contribution in [2.24, 2.45) is 0 Å². The first-order valence-corrected chi connectivity index (χ1v) is 11.9. The van der Waals surface area contributed by atoms with Crippen molar-refractivity contribution in [2.75, 3.05) is 4.31 Å². The molecule has 0 bridgehead atoms. The molecule has 0 unspecified atom stereocenters. The van der Waals surface area contributed by atoms with Gasteiger partial charge in [-0.05, 0) is 55.0 Å². The van der Waals surface area contributed by atoms with Gasteiger partial charge in [0.15, 0.2) is 5.78 Å². The van der Waals surface area contributed by atoms with Gasteiger partial charge in [-0.1, -0.05) is 65.9 Å². The van der Waals surface area contributed by atoms with E-state index < -0.39 is 15.6 Å².